The number of Topliss-reactive ketones (excluding diaryl/α,β-unsaturated/α-hetero) is 1. The minimum atomic E-state index is -1.46. The van der Waals surface area contributed by atoms with Crippen LogP contribution >= 0.6 is 0 Å². The minimum Gasteiger partial charge on any atom is -0.481 e. The van der Waals surface area contributed by atoms with Crippen LogP contribution in [0.1, 0.15) is 71.2 Å². The molecule has 2 aromatic rings. The highest BCUT2D eigenvalue weighted by molar-refractivity contribution is 6.03. The summed E-state index contributed by atoms with van der Waals surface area (Å²) in [5.41, 5.74) is 1.65. The molecule has 1 aliphatic heterocycles. The SMILES string of the molecule is COC(=O)C(Cc1ccccc1)NC(=O)C(CC(=O)O)NC(=O)c1cccc(C(=O)C2CCC3(CCNCC3)CC2)c1. The van der Waals surface area contributed by atoms with Crippen LogP contribution in [0.4, 0.5) is 0 Å². The first-order chi connectivity index (χ1) is 20.2. The molecule has 0 radical (unpaired) electrons. The summed E-state index contributed by atoms with van der Waals surface area (Å²) in [6, 6.07) is 12.7. The van der Waals surface area contributed by atoms with Crippen LogP contribution in [0, 0.1) is 11.3 Å². The molecule has 4 N–H and O–H groups in total. The fourth-order valence-electron chi connectivity index (χ4n) is 6.08. The Labute approximate surface area is 245 Å². The Balaban J connectivity index is 1.42. The molecular formula is C32H39N3O7. The molecule has 1 spiro atoms. The van der Waals surface area contributed by atoms with Crippen LogP contribution in [-0.4, -0.2) is 66.9 Å². The van der Waals surface area contributed by atoms with E-state index in [1.165, 1.54) is 19.2 Å². The number of hydrogen-bond acceptors (Lipinski definition) is 7. The lowest BCUT2D eigenvalue weighted by atomic mass is 9.65. The maximum Gasteiger partial charge on any atom is 0.328 e. The third-order valence-electron chi connectivity index (χ3n) is 8.58. The van der Waals surface area contributed by atoms with Gasteiger partial charge in [0.25, 0.3) is 5.91 Å². The van der Waals surface area contributed by atoms with Gasteiger partial charge in [0.2, 0.25) is 5.91 Å². The van der Waals surface area contributed by atoms with Crippen molar-refractivity contribution >= 4 is 29.5 Å². The predicted molar refractivity (Wildman–Crippen MR) is 155 cm³/mol. The van der Waals surface area contributed by atoms with Gasteiger partial charge in [0.05, 0.1) is 13.5 Å². The first-order valence-electron chi connectivity index (χ1n) is 14.5. The van der Waals surface area contributed by atoms with Crippen molar-refractivity contribution in [1.82, 2.24) is 16.0 Å². The summed E-state index contributed by atoms with van der Waals surface area (Å²) in [4.78, 5) is 63.6. The molecule has 10 heteroatoms. The summed E-state index contributed by atoms with van der Waals surface area (Å²) in [5, 5.41) is 17.8. The predicted octanol–water partition coefficient (Wildman–Crippen LogP) is 2.90. The second-order valence-corrected chi connectivity index (χ2v) is 11.4. The minimum absolute atomic E-state index is 0.00454. The molecule has 224 valence electrons. The lowest BCUT2D eigenvalue weighted by Crippen LogP contribution is -2.53. The van der Waals surface area contributed by atoms with Crippen molar-refractivity contribution in [1.29, 1.82) is 0 Å². The summed E-state index contributed by atoms with van der Waals surface area (Å²) in [6.07, 6.45) is 5.39. The lowest BCUT2D eigenvalue weighted by Gasteiger charge is -2.42. The van der Waals surface area contributed by atoms with E-state index in [-0.39, 0.29) is 23.7 Å². The smallest absolute Gasteiger partial charge is 0.328 e. The van der Waals surface area contributed by atoms with E-state index in [4.69, 9.17) is 4.74 Å². The molecule has 1 aliphatic carbocycles. The van der Waals surface area contributed by atoms with Gasteiger partial charge in [-0.3, -0.25) is 19.2 Å². The van der Waals surface area contributed by atoms with Crippen molar-refractivity contribution in [2.75, 3.05) is 20.2 Å². The number of carboxylic acid groups (broad SMARTS) is 1. The quantitative estimate of drug-likeness (QED) is 0.235. The van der Waals surface area contributed by atoms with Gasteiger partial charge < -0.3 is 25.8 Å². The van der Waals surface area contributed by atoms with Crippen molar-refractivity contribution in [2.45, 2.75) is 63.5 Å². The number of carbonyl (C=O) groups excluding carboxylic acids is 4. The largest absolute Gasteiger partial charge is 0.481 e. The van der Waals surface area contributed by atoms with Crippen LogP contribution < -0.4 is 16.0 Å². The third kappa shape index (κ3) is 8.03. The standard InChI is InChI=1S/C32H39N3O7/c1-42-31(41)26(18-21-6-3-2-4-7-21)35-30(40)25(20-27(36)37)34-29(39)24-9-5-8-23(19-24)28(38)22-10-12-32(13-11-22)14-16-33-17-15-32/h2-9,19,22,25-26,33H,10-18,20H2,1H3,(H,34,39)(H,35,40)(H,36,37). The summed E-state index contributed by atoms with van der Waals surface area (Å²) in [7, 11) is 1.19. The summed E-state index contributed by atoms with van der Waals surface area (Å²) < 4.78 is 4.82. The number of ether oxygens (including phenoxy) is 1. The van der Waals surface area contributed by atoms with Crippen molar-refractivity contribution in [3.8, 4) is 0 Å². The Kier molecular flexibility index (Phi) is 10.5. The third-order valence-corrected chi connectivity index (χ3v) is 8.58. The van der Waals surface area contributed by atoms with Gasteiger partial charge in [-0.1, -0.05) is 42.5 Å². The summed E-state index contributed by atoms with van der Waals surface area (Å²) in [5.74, 6) is -3.64. The van der Waals surface area contributed by atoms with Gasteiger partial charge in [0.1, 0.15) is 12.1 Å². The molecule has 2 amide bonds. The first kappa shape index (κ1) is 30.9. The average Bonchev–Trinajstić information content (AvgIpc) is 3.00. The van der Waals surface area contributed by atoms with Crippen LogP contribution in [0.5, 0.6) is 0 Å². The van der Waals surface area contributed by atoms with E-state index in [2.05, 4.69) is 16.0 Å². The van der Waals surface area contributed by atoms with Crippen LogP contribution in [-0.2, 0) is 25.5 Å². The maximum atomic E-state index is 13.4. The number of aliphatic carboxylic acids is 1. The number of hydrogen-bond donors (Lipinski definition) is 4. The number of nitrogens with one attached hydrogen (secondary N) is 3. The normalized spacial score (nSPS) is 17.9. The van der Waals surface area contributed by atoms with Gasteiger partial charge in [0, 0.05) is 23.5 Å². The van der Waals surface area contributed by atoms with Crippen molar-refractivity contribution in [2.24, 2.45) is 11.3 Å². The van der Waals surface area contributed by atoms with E-state index < -0.39 is 42.3 Å². The topological polar surface area (TPSA) is 151 Å². The van der Waals surface area contributed by atoms with E-state index in [0.29, 0.717) is 11.0 Å². The Hall–Kier alpha value is -4.05. The second kappa shape index (κ2) is 14.2. The molecule has 2 atom stereocenters. The van der Waals surface area contributed by atoms with Gasteiger partial charge in [-0.15, -0.1) is 0 Å². The Morgan fingerprint density at radius 2 is 1.57 bits per heavy atom. The number of carbonyl (C=O) groups is 5. The zero-order valence-electron chi connectivity index (χ0n) is 23.9. The monoisotopic (exact) mass is 577 g/mol. The second-order valence-electron chi connectivity index (χ2n) is 11.4. The van der Waals surface area contributed by atoms with E-state index in [1.54, 1.807) is 36.4 Å². The molecule has 1 saturated carbocycles. The Morgan fingerprint density at radius 1 is 0.905 bits per heavy atom. The Morgan fingerprint density at radius 3 is 2.21 bits per heavy atom. The van der Waals surface area contributed by atoms with Crippen LogP contribution in [0.2, 0.25) is 0 Å². The number of benzene rings is 2. The van der Waals surface area contributed by atoms with Gasteiger partial charge >= 0.3 is 11.9 Å². The number of esters is 1. The highest BCUT2D eigenvalue weighted by atomic mass is 16.5. The molecule has 1 saturated heterocycles. The van der Waals surface area contributed by atoms with Crippen LogP contribution in [0.3, 0.4) is 0 Å². The zero-order valence-corrected chi connectivity index (χ0v) is 23.9. The zero-order chi connectivity index (χ0) is 30.1. The van der Waals surface area contributed by atoms with Crippen LogP contribution in [0.25, 0.3) is 0 Å². The molecule has 10 nitrogen and oxygen atoms in total. The van der Waals surface area contributed by atoms with Crippen LogP contribution in [0.15, 0.2) is 54.6 Å². The van der Waals surface area contributed by atoms with E-state index >= 15 is 0 Å². The van der Waals surface area contributed by atoms with Crippen molar-refractivity contribution in [3.05, 3.63) is 71.3 Å². The van der Waals surface area contributed by atoms with Gasteiger partial charge in [-0.05, 0) is 74.7 Å². The number of piperidine rings is 1. The highest BCUT2D eigenvalue weighted by Crippen LogP contribution is 2.45. The maximum absolute atomic E-state index is 13.4. The number of ketones is 1. The fraction of sp³-hybridized carbons (Fsp3) is 0.469. The van der Waals surface area contributed by atoms with E-state index in [9.17, 15) is 29.1 Å². The molecule has 1 heterocycles. The molecule has 2 unspecified atom stereocenters. The number of carboxylic acids is 1. The van der Waals surface area contributed by atoms with E-state index in [0.717, 1.165) is 57.2 Å². The summed E-state index contributed by atoms with van der Waals surface area (Å²) in [6.45, 7) is 2.04. The first-order valence-corrected chi connectivity index (χ1v) is 14.5. The van der Waals surface area contributed by atoms with E-state index in [1.807, 2.05) is 6.07 Å². The number of rotatable bonds is 11. The molecule has 42 heavy (non-hydrogen) atoms. The van der Waals surface area contributed by atoms with Gasteiger partial charge in [-0.25, -0.2) is 4.79 Å². The highest BCUT2D eigenvalue weighted by Gasteiger charge is 2.38. The molecule has 2 fully saturated rings. The van der Waals surface area contributed by atoms with Gasteiger partial charge in [-0.2, -0.15) is 0 Å². The van der Waals surface area contributed by atoms with Crippen molar-refractivity contribution in [3.63, 3.8) is 0 Å². The molecule has 2 aliphatic rings. The van der Waals surface area contributed by atoms with Crippen molar-refractivity contribution < 1.29 is 33.8 Å². The Bertz CT molecular complexity index is 1280. The molecular weight excluding hydrogens is 538 g/mol. The fourth-order valence-corrected chi connectivity index (χ4v) is 6.08. The molecule has 4 rings (SSSR count). The molecule has 0 bridgehead atoms. The molecule has 2 aromatic carbocycles. The summed E-state index contributed by atoms with van der Waals surface area (Å²) >= 11 is 0. The van der Waals surface area contributed by atoms with Gasteiger partial charge in [0.15, 0.2) is 5.78 Å². The number of methoxy groups -OCH3 is 1. The molecule has 0 aromatic heterocycles. The average molecular weight is 578 g/mol. The number of amides is 2. The lowest BCUT2D eigenvalue weighted by molar-refractivity contribution is -0.145.